The number of nitroso groups, excluding NO2 is 1. The summed E-state index contributed by atoms with van der Waals surface area (Å²) in [6, 6.07) is 9.17. The Labute approximate surface area is 112 Å². The largest absolute Gasteiger partial charge is 0.316 e. The average Bonchev–Trinajstić information content (AvgIpc) is 2.40. The molecule has 7 heteroatoms. The van der Waals surface area contributed by atoms with Crippen molar-refractivity contribution in [3.8, 4) is 6.07 Å². The van der Waals surface area contributed by atoms with E-state index >= 15 is 0 Å². The minimum atomic E-state index is -3.60. The Morgan fingerprint density at radius 3 is 2.58 bits per heavy atom. The second-order valence-electron chi connectivity index (χ2n) is 3.94. The van der Waals surface area contributed by atoms with Crippen LogP contribution in [-0.4, -0.2) is 12.4 Å². The van der Waals surface area contributed by atoms with E-state index in [1.54, 1.807) is 13.0 Å². The first-order chi connectivity index (χ1) is 9.05. The average molecular weight is 281 g/mol. The predicted molar refractivity (Wildman–Crippen MR) is 72.4 cm³/mol. The van der Waals surface area contributed by atoms with Crippen LogP contribution in [0.25, 0.3) is 0 Å². The highest BCUT2D eigenvalue weighted by Gasteiger charge is 2.35. The van der Waals surface area contributed by atoms with Crippen LogP contribution in [0.3, 0.4) is 0 Å². The molecular weight excluding hydrogens is 265 g/mol. The summed E-state index contributed by atoms with van der Waals surface area (Å²) in [5, 5.41) is 14.0. The van der Waals surface area contributed by atoms with Gasteiger partial charge in [-0.1, -0.05) is 29.8 Å². The second-order valence-corrected chi connectivity index (χ2v) is 6.20. The summed E-state index contributed by atoms with van der Waals surface area (Å²) >= 11 is 0. The molecule has 0 saturated carbocycles. The molecule has 0 aliphatic heterocycles. The molecule has 0 aliphatic rings. The van der Waals surface area contributed by atoms with Crippen LogP contribution in [-0.2, 0) is 15.6 Å². The van der Waals surface area contributed by atoms with Crippen molar-refractivity contribution in [2.24, 2.45) is 5.18 Å². The molecule has 0 heterocycles. The molecule has 0 amide bonds. The van der Waals surface area contributed by atoms with Crippen molar-refractivity contribution in [2.45, 2.75) is 26.2 Å². The van der Waals surface area contributed by atoms with Crippen LogP contribution in [0, 0.1) is 23.2 Å². The lowest BCUT2D eigenvalue weighted by atomic mass is 10.2. The fourth-order valence-electron chi connectivity index (χ4n) is 1.46. The van der Waals surface area contributed by atoms with Crippen molar-refractivity contribution >= 4 is 7.52 Å². The molecule has 1 rings (SSSR count). The van der Waals surface area contributed by atoms with Crippen molar-refractivity contribution < 1.29 is 9.09 Å². The lowest BCUT2D eigenvalue weighted by Gasteiger charge is -2.19. The van der Waals surface area contributed by atoms with Gasteiger partial charge >= 0.3 is 7.52 Å². The van der Waals surface area contributed by atoms with Crippen LogP contribution >= 0.6 is 7.52 Å². The van der Waals surface area contributed by atoms with E-state index in [0.717, 1.165) is 11.1 Å². The van der Waals surface area contributed by atoms with Gasteiger partial charge in [0.05, 0.1) is 6.61 Å². The fourth-order valence-corrected chi connectivity index (χ4v) is 2.93. The van der Waals surface area contributed by atoms with E-state index in [1.807, 2.05) is 31.2 Å². The molecule has 0 aliphatic carbocycles. The molecule has 0 saturated heterocycles. The van der Waals surface area contributed by atoms with Crippen molar-refractivity contribution in [3.05, 3.63) is 40.3 Å². The monoisotopic (exact) mass is 281 g/mol. The second kappa shape index (κ2) is 7.15. The normalized spacial score (nSPS) is 15.2. The molecule has 1 N–H and O–H groups in total. The Morgan fingerprint density at radius 1 is 1.47 bits per heavy atom. The maximum absolute atomic E-state index is 12.4. The molecular formula is C12H16N3O3P. The molecule has 0 fully saturated rings. The highest BCUT2D eigenvalue weighted by molar-refractivity contribution is 7.57. The summed E-state index contributed by atoms with van der Waals surface area (Å²) in [7, 11) is -3.60. The Kier molecular flexibility index (Phi) is 5.84. The smallest absolute Gasteiger partial charge is 0.312 e. The SMILES string of the molecule is CCO[P@](=O)(NCc1ccc(C)cc1)C(C#N)N=O. The number of nitrogens with zero attached hydrogens (tertiary/aromatic N) is 2. The maximum Gasteiger partial charge on any atom is 0.312 e. The van der Waals surface area contributed by atoms with Gasteiger partial charge < -0.3 is 4.52 Å². The molecule has 1 aromatic rings. The number of nitrogens with one attached hydrogen (secondary N) is 1. The van der Waals surface area contributed by atoms with Gasteiger partial charge in [-0.2, -0.15) is 5.26 Å². The Balaban J connectivity index is 2.79. The highest BCUT2D eigenvalue weighted by atomic mass is 31.2. The number of hydrogen-bond donors (Lipinski definition) is 1. The lowest BCUT2D eigenvalue weighted by Crippen LogP contribution is -2.20. The van der Waals surface area contributed by atoms with Crippen molar-refractivity contribution in [3.63, 3.8) is 0 Å². The van der Waals surface area contributed by atoms with Gasteiger partial charge in [-0.3, -0.25) is 4.57 Å². The van der Waals surface area contributed by atoms with E-state index in [9.17, 15) is 9.47 Å². The molecule has 0 bridgehead atoms. The molecule has 102 valence electrons. The van der Waals surface area contributed by atoms with Gasteiger partial charge in [0, 0.05) is 6.54 Å². The van der Waals surface area contributed by atoms with Crippen LogP contribution < -0.4 is 5.09 Å². The molecule has 6 nitrogen and oxygen atoms in total. The first kappa shape index (κ1) is 15.5. The summed E-state index contributed by atoms with van der Waals surface area (Å²) in [4.78, 5) is 10.5. The van der Waals surface area contributed by atoms with E-state index in [2.05, 4.69) is 10.3 Å². The molecule has 0 aromatic heterocycles. The molecule has 0 spiro atoms. The predicted octanol–water partition coefficient (Wildman–Crippen LogP) is 2.93. The third kappa shape index (κ3) is 4.25. The zero-order valence-corrected chi connectivity index (χ0v) is 11.8. The molecule has 2 atom stereocenters. The quantitative estimate of drug-likeness (QED) is 0.612. The molecule has 19 heavy (non-hydrogen) atoms. The Bertz CT molecular complexity index is 510. The number of rotatable bonds is 7. The standard InChI is InChI=1S/C12H16N3O3P/c1-3-18-19(17,12(8-13)15-16)14-9-11-6-4-10(2)5-7-11/h4-7,12H,3,9H2,1-2H3,(H,14,17)/t12?,19-/m0/s1. The molecule has 1 aromatic carbocycles. The highest BCUT2D eigenvalue weighted by Crippen LogP contribution is 2.48. The van der Waals surface area contributed by atoms with E-state index in [0.29, 0.717) is 0 Å². The Hall–Kier alpha value is -1.54. The van der Waals surface area contributed by atoms with Gasteiger partial charge in [-0.05, 0) is 24.6 Å². The van der Waals surface area contributed by atoms with E-state index in [1.165, 1.54) is 0 Å². The number of hydrogen-bond acceptors (Lipinski definition) is 5. The summed E-state index contributed by atoms with van der Waals surface area (Å²) in [5.41, 5.74) is 1.99. The van der Waals surface area contributed by atoms with Crippen molar-refractivity contribution in [1.82, 2.24) is 5.09 Å². The van der Waals surface area contributed by atoms with Gasteiger partial charge in [0.25, 0.3) is 5.78 Å². The van der Waals surface area contributed by atoms with Gasteiger partial charge in [0.2, 0.25) is 0 Å². The lowest BCUT2D eigenvalue weighted by molar-refractivity contribution is 0.320. The third-order valence-electron chi connectivity index (χ3n) is 2.48. The first-order valence-electron chi connectivity index (χ1n) is 5.82. The minimum Gasteiger partial charge on any atom is -0.316 e. The van der Waals surface area contributed by atoms with Crippen LogP contribution in [0.1, 0.15) is 18.1 Å². The maximum atomic E-state index is 12.4. The number of nitriles is 1. The summed E-state index contributed by atoms with van der Waals surface area (Å²) in [6.45, 7) is 3.97. The van der Waals surface area contributed by atoms with E-state index < -0.39 is 13.3 Å². The number of benzene rings is 1. The van der Waals surface area contributed by atoms with Crippen molar-refractivity contribution in [2.75, 3.05) is 6.61 Å². The zero-order valence-electron chi connectivity index (χ0n) is 10.9. The zero-order chi connectivity index (χ0) is 14.3. The van der Waals surface area contributed by atoms with Crippen LogP contribution in [0.2, 0.25) is 0 Å². The van der Waals surface area contributed by atoms with Gasteiger partial charge in [0.1, 0.15) is 6.07 Å². The first-order valence-corrected chi connectivity index (χ1v) is 7.52. The van der Waals surface area contributed by atoms with Crippen LogP contribution in [0.4, 0.5) is 0 Å². The molecule has 0 radical (unpaired) electrons. The minimum absolute atomic E-state index is 0.131. The van der Waals surface area contributed by atoms with Crippen LogP contribution in [0.15, 0.2) is 29.4 Å². The van der Waals surface area contributed by atoms with E-state index in [-0.39, 0.29) is 13.2 Å². The van der Waals surface area contributed by atoms with E-state index in [4.69, 9.17) is 9.79 Å². The van der Waals surface area contributed by atoms with Gasteiger partial charge in [0.15, 0.2) is 0 Å². The van der Waals surface area contributed by atoms with Gasteiger partial charge in [-0.25, -0.2) is 5.09 Å². The Morgan fingerprint density at radius 2 is 2.11 bits per heavy atom. The van der Waals surface area contributed by atoms with Crippen LogP contribution in [0.5, 0.6) is 0 Å². The summed E-state index contributed by atoms with van der Waals surface area (Å²) < 4.78 is 17.4. The third-order valence-corrected chi connectivity index (χ3v) is 4.58. The summed E-state index contributed by atoms with van der Waals surface area (Å²) in [5.74, 6) is -1.53. The van der Waals surface area contributed by atoms with Crippen molar-refractivity contribution in [1.29, 1.82) is 5.26 Å². The number of aryl methyl sites for hydroxylation is 1. The summed E-state index contributed by atoms with van der Waals surface area (Å²) in [6.07, 6.45) is 0. The fraction of sp³-hybridized carbons (Fsp3) is 0.417. The van der Waals surface area contributed by atoms with Gasteiger partial charge in [-0.15, -0.1) is 4.91 Å². The topological polar surface area (TPSA) is 91.5 Å². The molecule has 1 unspecified atom stereocenters.